The molecule has 80 valence electrons. The lowest BCUT2D eigenvalue weighted by Gasteiger charge is -2.30. The predicted octanol–water partition coefficient (Wildman–Crippen LogP) is 3.23. The molecule has 0 amide bonds. The number of aromatic nitrogens is 2. The van der Waals surface area contributed by atoms with Crippen LogP contribution in [0.15, 0.2) is 18.5 Å². The third kappa shape index (κ3) is 1.38. The van der Waals surface area contributed by atoms with Gasteiger partial charge >= 0.3 is 0 Å². The number of rotatable bonds is 1. The molecule has 2 heterocycles. The third-order valence-electron chi connectivity index (χ3n) is 3.33. The summed E-state index contributed by atoms with van der Waals surface area (Å²) in [6.07, 6.45) is 5.75. The van der Waals surface area contributed by atoms with E-state index in [1.807, 2.05) is 18.5 Å². The van der Waals surface area contributed by atoms with Crippen molar-refractivity contribution in [3.63, 3.8) is 0 Å². The second-order valence-electron chi connectivity index (χ2n) is 4.29. The maximum absolute atomic E-state index is 8.76. The Balaban J connectivity index is 1.97. The SMILES string of the molecule is N#CC1CC(c2c[nH]c3cc(Cl)ncc23)C1. The van der Waals surface area contributed by atoms with Crippen LogP contribution in [0.5, 0.6) is 0 Å². The number of halogens is 1. The fourth-order valence-corrected chi connectivity index (χ4v) is 2.49. The van der Waals surface area contributed by atoms with Crippen LogP contribution in [0, 0.1) is 17.2 Å². The molecule has 2 aromatic rings. The van der Waals surface area contributed by atoms with Gasteiger partial charge in [0.15, 0.2) is 0 Å². The Kier molecular flexibility index (Phi) is 2.12. The molecule has 0 aliphatic heterocycles. The fourth-order valence-electron chi connectivity index (χ4n) is 2.33. The molecule has 2 aromatic heterocycles. The number of hydrogen-bond acceptors (Lipinski definition) is 2. The van der Waals surface area contributed by atoms with Crippen LogP contribution >= 0.6 is 11.6 Å². The number of pyridine rings is 1. The number of nitrogens with one attached hydrogen (secondary N) is 1. The molecule has 3 nitrogen and oxygen atoms in total. The normalized spacial score (nSPS) is 24.0. The molecule has 1 aliphatic carbocycles. The molecule has 1 aliphatic rings. The second kappa shape index (κ2) is 3.50. The van der Waals surface area contributed by atoms with Crippen LogP contribution in [0.1, 0.15) is 24.3 Å². The van der Waals surface area contributed by atoms with Crippen LogP contribution < -0.4 is 0 Å². The van der Waals surface area contributed by atoms with Gasteiger partial charge < -0.3 is 4.98 Å². The lowest BCUT2D eigenvalue weighted by Crippen LogP contribution is -2.19. The van der Waals surface area contributed by atoms with Gasteiger partial charge in [-0.05, 0) is 30.4 Å². The maximum Gasteiger partial charge on any atom is 0.131 e. The Morgan fingerprint density at radius 3 is 3.06 bits per heavy atom. The summed E-state index contributed by atoms with van der Waals surface area (Å²) in [6, 6.07) is 4.14. The summed E-state index contributed by atoms with van der Waals surface area (Å²) in [4.78, 5) is 7.30. The van der Waals surface area contributed by atoms with E-state index in [0.29, 0.717) is 11.1 Å². The summed E-state index contributed by atoms with van der Waals surface area (Å²) in [7, 11) is 0. The molecule has 0 unspecified atom stereocenters. The Bertz CT molecular complexity index is 575. The van der Waals surface area contributed by atoms with E-state index in [1.165, 1.54) is 5.56 Å². The van der Waals surface area contributed by atoms with E-state index in [4.69, 9.17) is 16.9 Å². The maximum atomic E-state index is 8.76. The van der Waals surface area contributed by atoms with Crippen molar-refractivity contribution in [3.05, 3.63) is 29.2 Å². The minimum absolute atomic E-state index is 0.232. The molecule has 0 spiro atoms. The van der Waals surface area contributed by atoms with Crippen molar-refractivity contribution in [3.8, 4) is 6.07 Å². The van der Waals surface area contributed by atoms with Crippen molar-refractivity contribution in [2.24, 2.45) is 5.92 Å². The summed E-state index contributed by atoms with van der Waals surface area (Å²) < 4.78 is 0. The molecule has 0 atom stereocenters. The van der Waals surface area contributed by atoms with E-state index in [9.17, 15) is 0 Å². The number of nitriles is 1. The Labute approximate surface area is 98.1 Å². The van der Waals surface area contributed by atoms with E-state index in [-0.39, 0.29) is 5.92 Å². The average Bonchev–Trinajstić information content (AvgIpc) is 2.60. The zero-order valence-electron chi connectivity index (χ0n) is 8.57. The highest BCUT2D eigenvalue weighted by atomic mass is 35.5. The van der Waals surface area contributed by atoms with Gasteiger partial charge in [-0.25, -0.2) is 4.98 Å². The van der Waals surface area contributed by atoms with E-state index in [2.05, 4.69) is 16.0 Å². The molecule has 4 heteroatoms. The second-order valence-corrected chi connectivity index (χ2v) is 4.68. The molecule has 0 aromatic carbocycles. The number of fused-ring (bicyclic) bond motifs is 1. The van der Waals surface area contributed by atoms with Crippen LogP contribution in [-0.2, 0) is 0 Å². The summed E-state index contributed by atoms with van der Waals surface area (Å²) in [5.41, 5.74) is 2.29. The first-order chi connectivity index (χ1) is 7.78. The molecule has 1 saturated carbocycles. The zero-order chi connectivity index (χ0) is 11.1. The Morgan fingerprint density at radius 1 is 1.50 bits per heavy atom. The van der Waals surface area contributed by atoms with E-state index < -0.39 is 0 Å². The molecule has 1 N–H and O–H groups in total. The van der Waals surface area contributed by atoms with Gasteiger partial charge in [0.2, 0.25) is 0 Å². The van der Waals surface area contributed by atoms with Crippen LogP contribution in [0.25, 0.3) is 10.9 Å². The first kappa shape index (κ1) is 9.68. The Morgan fingerprint density at radius 2 is 2.31 bits per heavy atom. The molecule has 0 saturated heterocycles. The molecule has 16 heavy (non-hydrogen) atoms. The summed E-state index contributed by atoms with van der Waals surface area (Å²) in [5, 5.41) is 10.4. The van der Waals surface area contributed by atoms with Gasteiger partial charge in [-0.1, -0.05) is 11.6 Å². The molecule has 0 radical (unpaired) electrons. The highest BCUT2D eigenvalue weighted by Gasteiger charge is 2.31. The first-order valence-electron chi connectivity index (χ1n) is 5.30. The van der Waals surface area contributed by atoms with Crippen molar-refractivity contribution in [1.29, 1.82) is 5.26 Å². The van der Waals surface area contributed by atoms with Gasteiger partial charge in [0.05, 0.1) is 11.6 Å². The topological polar surface area (TPSA) is 52.5 Å². The predicted molar refractivity (Wildman–Crippen MR) is 62.2 cm³/mol. The Hall–Kier alpha value is -1.53. The largest absolute Gasteiger partial charge is 0.361 e. The van der Waals surface area contributed by atoms with Gasteiger partial charge in [0.25, 0.3) is 0 Å². The summed E-state index contributed by atoms with van der Waals surface area (Å²) in [6.45, 7) is 0. The van der Waals surface area contributed by atoms with Crippen LogP contribution in [0.3, 0.4) is 0 Å². The average molecular weight is 232 g/mol. The smallest absolute Gasteiger partial charge is 0.131 e. The minimum atomic E-state index is 0.232. The van der Waals surface area contributed by atoms with E-state index in [0.717, 1.165) is 23.7 Å². The van der Waals surface area contributed by atoms with Crippen molar-refractivity contribution in [1.82, 2.24) is 9.97 Å². The number of H-pyrrole nitrogens is 1. The number of hydrogen-bond donors (Lipinski definition) is 1. The molecule has 0 bridgehead atoms. The van der Waals surface area contributed by atoms with Gasteiger partial charge in [-0.3, -0.25) is 0 Å². The van der Waals surface area contributed by atoms with Crippen molar-refractivity contribution >= 4 is 22.5 Å². The fraction of sp³-hybridized carbons (Fsp3) is 0.333. The van der Waals surface area contributed by atoms with Crippen LogP contribution in [0.2, 0.25) is 5.15 Å². The lowest BCUT2D eigenvalue weighted by molar-refractivity contribution is 0.333. The van der Waals surface area contributed by atoms with Crippen molar-refractivity contribution in [2.45, 2.75) is 18.8 Å². The number of nitrogens with zero attached hydrogens (tertiary/aromatic N) is 2. The standard InChI is InChI=1S/C12H10ClN3/c13-12-3-11-10(6-16-12)9(5-15-11)8-1-7(2-8)4-14/h3,5-8,15H,1-2H2. The molecule has 3 rings (SSSR count). The van der Waals surface area contributed by atoms with Crippen molar-refractivity contribution in [2.75, 3.05) is 0 Å². The van der Waals surface area contributed by atoms with Crippen LogP contribution in [-0.4, -0.2) is 9.97 Å². The third-order valence-corrected chi connectivity index (χ3v) is 3.53. The summed E-state index contributed by atoms with van der Waals surface area (Å²) >= 11 is 5.83. The lowest BCUT2D eigenvalue weighted by atomic mass is 9.72. The van der Waals surface area contributed by atoms with Crippen LogP contribution in [0.4, 0.5) is 0 Å². The highest BCUT2D eigenvalue weighted by Crippen LogP contribution is 2.43. The van der Waals surface area contributed by atoms with E-state index in [1.54, 1.807) is 0 Å². The summed E-state index contributed by atoms with van der Waals surface area (Å²) in [5.74, 6) is 0.733. The molecular formula is C12H10ClN3. The minimum Gasteiger partial charge on any atom is -0.361 e. The van der Waals surface area contributed by atoms with Gasteiger partial charge in [-0.15, -0.1) is 0 Å². The monoisotopic (exact) mass is 231 g/mol. The first-order valence-corrected chi connectivity index (χ1v) is 5.68. The van der Waals surface area contributed by atoms with Gasteiger partial charge in [-0.2, -0.15) is 5.26 Å². The van der Waals surface area contributed by atoms with Crippen molar-refractivity contribution < 1.29 is 0 Å². The number of aromatic amines is 1. The zero-order valence-corrected chi connectivity index (χ0v) is 9.33. The quantitative estimate of drug-likeness (QED) is 0.766. The van der Waals surface area contributed by atoms with Gasteiger partial charge in [0.1, 0.15) is 5.15 Å². The van der Waals surface area contributed by atoms with Gasteiger partial charge in [0, 0.05) is 23.7 Å². The highest BCUT2D eigenvalue weighted by molar-refractivity contribution is 6.30. The van der Waals surface area contributed by atoms with E-state index >= 15 is 0 Å². The molecular weight excluding hydrogens is 222 g/mol. The molecule has 1 fully saturated rings.